The molecule has 0 aromatic rings. The molecule has 4 heteroatoms. The van der Waals surface area contributed by atoms with Gasteiger partial charge in [-0.15, -0.1) is 0 Å². The lowest BCUT2D eigenvalue weighted by Gasteiger charge is -2.36. The first-order valence-corrected chi connectivity index (χ1v) is 5.83. The van der Waals surface area contributed by atoms with E-state index >= 15 is 0 Å². The lowest BCUT2D eigenvalue weighted by molar-refractivity contribution is -0.0240. The first kappa shape index (κ1) is 12.9. The van der Waals surface area contributed by atoms with Gasteiger partial charge in [-0.2, -0.15) is 0 Å². The maximum Gasteiger partial charge on any atom is 0.0753 e. The fraction of sp³-hybridized carbons (Fsp3) is 1.00. The van der Waals surface area contributed by atoms with Crippen molar-refractivity contribution < 1.29 is 9.84 Å². The summed E-state index contributed by atoms with van der Waals surface area (Å²) < 4.78 is 5.43. The lowest BCUT2D eigenvalue weighted by Crippen LogP contribution is -2.48. The van der Waals surface area contributed by atoms with E-state index in [2.05, 4.69) is 11.8 Å². The van der Waals surface area contributed by atoms with Crippen LogP contribution in [-0.4, -0.2) is 54.5 Å². The van der Waals surface area contributed by atoms with E-state index in [1.54, 1.807) is 6.92 Å². The Balaban J connectivity index is 2.35. The van der Waals surface area contributed by atoms with Crippen molar-refractivity contribution in [3.63, 3.8) is 0 Å². The zero-order valence-corrected chi connectivity index (χ0v) is 9.91. The first-order chi connectivity index (χ1) is 7.09. The van der Waals surface area contributed by atoms with Crippen molar-refractivity contribution in [3.05, 3.63) is 0 Å². The average Bonchev–Trinajstić information content (AvgIpc) is 2.27. The van der Waals surface area contributed by atoms with Gasteiger partial charge < -0.3 is 15.6 Å². The second-order valence-electron chi connectivity index (χ2n) is 4.62. The number of hydrogen-bond acceptors (Lipinski definition) is 4. The quantitative estimate of drug-likeness (QED) is 0.689. The van der Waals surface area contributed by atoms with Crippen molar-refractivity contribution in [3.8, 4) is 0 Å². The zero-order chi connectivity index (χ0) is 11.3. The Kier molecular flexibility index (Phi) is 4.99. The summed E-state index contributed by atoms with van der Waals surface area (Å²) in [6.45, 7) is 7.81. The van der Waals surface area contributed by atoms with Gasteiger partial charge in [-0.3, -0.25) is 4.90 Å². The third-order valence-electron chi connectivity index (χ3n) is 3.20. The first-order valence-electron chi connectivity index (χ1n) is 5.83. The van der Waals surface area contributed by atoms with Crippen LogP contribution in [0.15, 0.2) is 0 Å². The Morgan fingerprint density at radius 1 is 1.60 bits per heavy atom. The molecule has 0 bridgehead atoms. The summed E-state index contributed by atoms with van der Waals surface area (Å²) in [5.41, 5.74) is 4.77. The molecule has 2 unspecified atom stereocenters. The molecule has 90 valence electrons. The van der Waals surface area contributed by atoms with Gasteiger partial charge in [0.25, 0.3) is 0 Å². The lowest BCUT2D eigenvalue weighted by atomic mass is 10.0. The standard InChI is InChI=1S/C11H24N2O2/c1-3-10-8-15-7-6-13(10)5-4-11(2,14)9-12/h10,14H,3-9,12H2,1-2H3. The Hall–Kier alpha value is -0.160. The highest BCUT2D eigenvalue weighted by atomic mass is 16.5. The van der Waals surface area contributed by atoms with Crippen LogP contribution < -0.4 is 5.73 Å². The molecule has 0 spiro atoms. The zero-order valence-electron chi connectivity index (χ0n) is 9.91. The van der Waals surface area contributed by atoms with Gasteiger partial charge in [-0.05, 0) is 19.8 Å². The summed E-state index contributed by atoms with van der Waals surface area (Å²) in [5, 5.41) is 9.83. The Morgan fingerprint density at radius 3 is 2.93 bits per heavy atom. The number of morpholine rings is 1. The van der Waals surface area contributed by atoms with Gasteiger partial charge in [0.15, 0.2) is 0 Å². The molecule has 1 rings (SSSR count). The van der Waals surface area contributed by atoms with E-state index < -0.39 is 5.60 Å². The predicted octanol–water partition coefficient (Wildman–Crippen LogP) is 0.197. The van der Waals surface area contributed by atoms with Crippen molar-refractivity contribution in [2.24, 2.45) is 5.73 Å². The molecular weight excluding hydrogens is 192 g/mol. The molecule has 4 nitrogen and oxygen atoms in total. The Morgan fingerprint density at radius 2 is 2.33 bits per heavy atom. The van der Waals surface area contributed by atoms with E-state index in [1.807, 2.05) is 0 Å². The summed E-state index contributed by atoms with van der Waals surface area (Å²) in [6.07, 6.45) is 1.84. The maximum atomic E-state index is 9.83. The van der Waals surface area contributed by atoms with Gasteiger partial charge in [0.1, 0.15) is 0 Å². The van der Waals surface area contributed by atoms with Crippen LogP contribution in [-0.2, 0) is 4.74 Å². The molecule has 1 heterocycles. The van der Waals surface area contributed by atoms with Crippen LogP contribution in [0.25, 0.3) is 0 Å². The highest BCUT2D eigenvalue weighted by Crippen LogP contribution is 2.14. The molecule has 1 saturated heterocycles. The molecule has 1 aliphatic rings. The minimum Gasteiger partial charge on any atom is -0.389 e. The van der Waals surface area contributed by atoms with E-state index in [1.165, 1.54) is 0 Å². The summed E-state index contributed by atoms with van der Waals surface area (Å²) in [7, 11) is 0. The van der Waals surface area contributed by atoms with Crippen molar-refractivity contribution in [2.75, 3.05) is 32.8 Å². The molecule has 0 radical (unpaired) electrons. The minimum absolute atomic E-state index is 0.328. The molecule has 0 aromatic heterocycles. The van der Waals surface area contributed by atoms with Crippen LogP contribution >= 0.6 is 0 Å². The van der Waals surface area contributed by atoms with Crippen molar-refractivity contribution in [2.45, 2.75) is 38.3 Å². The monoisotopic (exact) mass is 216 g/mol. The van der Waals surface area contributed by atoms with E-state index in [-0.39, 0.29) is 0 Å². The van der Waals surface area contributed by atoms with Gasteiger partial charge in [0.05, 0.1) is 18.8 Å². The van der Waals surface area contributed by atoms with Crippen LogP contribution in [0, 0.1) is 0 Å². The van der Waals surface area contributed by atoms with E-state index in [0.717, 1.165) is 39.1 Å². The van der Waals surface area contributed by atoms with E-state index in [4.69, 9.17) is 10.5 Å². The second-order valence-corrected chi connectivity index (χ2v) is 4.62. The Bertz CT molecular complexity index is 185. The average molecular weight is 216 g/mol. The number of hydrogen-bond donors (Lipinski definition) is 2. The molecule has 0 aliphatic carbocycles. The number of nitrogens with two attached hydrogens (primary N) is 1. The van der Waals surface area contributed by atoms with Crippen LogP contribution in [0.5, 0.6) is 0 Å². The van der Waals surface area contributed by atoms with E-state index in [0.29, 0.717) is 12.6 Å². The van der Waals surface area contributed by atoms with Gasteiger partial charge in [-0.25, -0.2) is 0 Å². The highest BCUT2D eigenvalue weighted by molar-refractivity contribution is 4.79. The molecular formula is C11H24N2O2. The van der Waals surface area contributed by atoms with Gasteiger partial charge in [0, 0.05) is 25.7 Å². The Labute approximate surface area is 92.4 Å². The minimum atomic E-state index is -0.726. The van der Waals surface area contributed by atoms with Crippen molar-refractivity contribution in [1.82, 2.24) is 4.90 Å². The van der Waals surface area contributed by atoms with Crippen LogP contribution in [0.3, 0.4) is 0 Å². The summed E-state index contributed by atoms with van der Waals surface area (Å²) in [4.78, 5) is 2.40. The summed E-state index contributed by atoms with van der Waals surface area (Å²) >= 11 is 0. The fourth-order valence-corrected chi connectivity index (χ4v) is 1.85. The van der Waals surface area contributed by atoms with Crippen molar-refractivity contribution in [1.29, 1.82) is 0 Å². The summed E-state index contributed by atoms with van der Waals surface area (Å²) in [5.74, 6) is 0. The van der Waals surface area contributed by atoms with Crippen LogP contribution in [0.1, 0.15) is 26.7 Å². The van der Waals surface area contributed by atoms with Crippen LogP contribution in [0.2, 0.25) is 0 Å². The number of aliphatic hydroxyl groups is 1. The third kappa shape index (κ3) is 4.07. The molecule has 3 N–H and O–H groups in total. The normalized spacial score (nSPS) is 27.6. The van der Waals surface area contributed by atoms with Gasteiger partial charge in [0.2, 0.25) is 0 Å². The molecule has 0 amide bonds. The molecule has 1 aliphatic heterocycles. The van der Waals surface area contributed by atoms with Crippen LogP contribution in [0.4, 0.5) is 0 Å². The predicted molar refractivity (Wildman–Crippen MR) is 60.8 cm³/mol. The second kappa shape index (κ2) is 5.80. The maximum absolute atomic E-state index is 9.83. The number of ether oxygens (including phenoxy) is 1. The molecule has 0 saturated carbocycles. The molecule has 1 fully saturated rings. The molecule has 0 aromatic carbocycles. The number of rotatable bonds is 5. The third-order valence-corrected chi connectivity index (χ3v) is 3.20. The fourth-order valence-electron chi connectivity index (χ4n) is 1.85. The number of nitrogens with zero attached hydrogens (tertiary/aromatic N) is 1. The summed E-state index contributed by atoms with van der Waals surface area (Å²) in [6, 6.07) is 0.507. The van der Waals surface area contributed by atoms with Gasteiger partial charge in [-0.1, -0.05) is 6.92 Å². The van der Waals surface area contributed by atoms with E-state index in [9.17, 15) is 5.11 Å². The topological polar surface area (TPSA) is 58.7 Å². The van der Waals surface area contributed by atoms with Gasteiger partial charge >= 0.3 is 0 Å². The molecule has 15 heavy (non-hydrogen) atoms. The smallest absolute Gasteiger partial charge is 0.0753 e. The largest absolute Gasteiger partial charge is 0.389 e. The highest BCUT2D eigenvalue weighted by Gasteiger charge is 2.24. The SMILES string of the molecule is CCC1COCCN1CCC(C)(O)CN. The molecule has 2 atom stereocenters. The van der Waals surface area contributed by atoms with Crippen molar-refractivity contribution >= 4 is 0 Å².